The average molecular weight is 295 g/mol. The van der Waals surface area contributed by atoms with Crippen LogP contribution < -0.4 is 0 Å². The van der Waals surface area contributed by atoms with E-state index in [-0.39, 0.29) is 0 Å². The highest BCUT2D eigenvalue weighted by molar-refractivity contribution is 6.17. The summed E-state index contributed by atoms with van der Waals surface area (Å²) < 4.78 is 7.41. The van der Waals surface area contributed by atoms with E-state index in [1.54, 1.807) is 7.11 Å². The van der Waals surface area contributed by atoms with Crippen LogP contribution in [0.15, 0.2) is 18.2 Å². The molecule has 0 N–H and O–H groups in total. The first kappa shape index (κ1) is 15.3. The van der Waals surface area contributed by atoms with E-state index >= 15 is 0 Å². The summed E-state index contributed by atoms with van der Waals surface area (Å²) in [6.45, 7) is 3.96. The molecule has 0 atom stereocenters. The molecule has 1 aromatic heterocycles. The Bertz CT molecular complexity index is 551. The molecule has 0 fully saturated rings. The molecule has 0 bridgehead atoms. The molecule has 110 valence electrons. The molecule has 2 aromatic rings. The van der Waals surface area contributed by atoms with Gasteiger partial charge in [0.05, 0.1) is 11.0 Å². The Balaban J connectivity index is 2.13. The molecule has 0 unspecified atom stereocenters. The lowest BCUT2D eigenvalue weighted by Gasteiger charge is -2.08. The van der Waals surface area contributed by atoms with Gasteiger partial charge < -0.3 is 9.30 Å². The predicted molar refractivity (Wildman–Crippen MR) is 84.6 cm³/mol. The Morgan fingerprint density at radius 2 is 2.10 bits per heavy atom. The summed E-state index contributed by atoms with van der Waals surface area (Å²) in [6.07, 6.45) is 4.28. The molecule has 1 heterocycles. The monoisotopic (exact) mass is 294 g/mol. The number of fused-ring (bicyclic) bond motifs is 1. The van der Waals surface area contributed by atoms with E-state index in [0.717, 1.165) is 43.8 Å². The van der Waals surface area contributed by atoms with Crippen LogP contribution in [0.1, 0.15) is 30.7 Å². The van der Waals surface area contributed by atoms with Gasteiger partial charge in [0.25, 0.3) is 0 Å². The van der Waals surface area contributed by atoms with Crippen LogP contribution in [0.2, 0.25) is 0 Å². The topological polar surface area (TPSA) is 27.1 Å². The van der Waals surface area contributed by atoms with E-state index in [0.29, 0.717) is 5.88 Å². The lowest BCUT2D eigenvalue weighted by molar-refractivity contribution is 0.191. The van der Waals surface area contributed by atoms with Crippen molar-refractivity contribution in [3.05, 3.63) is 29.6 Å². The van der Waals surface area contributed by atoms with Crippen molar-refractivity contribution < 1.29 is 4.74 Å². The Morgan fingerprint density at radius 1 is 1.25 bits per heavy atom. The first-order valence-electron chi connectivity index (χ1n) is 7.27. The van der Waals surface area contributed by atoms with Crippen LogP contribution in [0.4, 0.5) is 0 Å². The van der Waals surface area contributed by atoms with Gasteiger partial charge in [-0.25, -0.2) is 4.98 Å². The van der Waals surface area contributed by atoms with Crippen LogP contribution in [0.5, 0.6) is 0 Å². The maximum absolute atomic E-state index is 5.90. The van der Waals surface area contributed by atoms with Gasteiger partial charge in [0, 0.05) is 32.6 Å². The Hall–Kier alpha value is -1.06. The predicted octanol–water partition coefficient (Wildman–Crippen LogP) is 3.94. The van der Waals surface area contributed by atoms with Crippen molar-refractivity contribution in [2.75, 3.05) is 19.6 Å². The molecule has 0 saturated heterocycles. The van der Waals surface area contributed by atoms with Gasteiger partial charge in [0.2, 0.25) is 0 Å². The molecule has 1 aromatic carbocycles. The SMILES string of the molecule is COCCCCCn1c(CCCl)nc2cc(C)ccc21. The molecule has 20 heavy (non-hydrogen) atoms. The first-order valence-corrected chi connectivity index (χ1v) is 7.80. The van der Waals surface area contributed by atoms with Crippen molar-refractivity contribution in [1.29, 1.82) is 0 Å². The average Bonchev–Trinajstić information content (AvgIpc) is 2.76. The van der Waals surface area contributed by atoms with Crippen molar-refractivity contribution in [2.24, 2.45) is 0 Å². The Kier molecular flexibility index (Phi) is 5.86. The summed E-state index contributed by atoms with van der Waals surface area (Å²) >= 11 is 5.90. The third-order valence-electron chi connectivity index (χ3n) is 3.53. The van der Waals surface area contributed by atoms with Crippen molar-refractivity contribution in [3.8, 4) is 0 Å². The van der Waals surface area contributed by atoms with E-state index < -0.39 is 0 Å². The molecule has 0 spiro atoms. The van der Waals surface area contributed by atoms with Gasteiger partial charge in [0.15, 0.2) is 0 Å². The van der Waals surface area contributed by atoms with E-state index in [1.807, 2.05) is 0 Å². The van der Waals surface area contributed by atoms with Gasteiger partial charge >= 0.3 is 0 Å². The summed E-state index contributed by atoms with van der Waals surface area (Å²) in [5.41, 5.74) is 3.56. The second-order valence-electron chi connectivity index (χ2n) is 5.16. The summed E-state index contributed by atoms with van der Waals surface area (Å²) in [7, 11) is 1.75. The normalized spacial score (nSPS) is 11.3. The number of imidazole rings is 1. The molecule has 0 amide bonds. The van der Waals surface area contributed by atoms with E-state index in [9.17, 15) is 0 Å². The quantitative estimate of drug-likeness (QED) is 0.544. The van der Waals surface area contributed by atoms with Crippen molar-refractivity contribution in [2.45, 2.75) is 39.2 Å². The smallest absolute Gasteiger partial charge is 0.111 e. The zero-order valence-corrected chi connectivity index (χ0v) is 13.1. The Labute approximate surface area is 125 Å². The van der Waals surface area contributed by atoms with Crippen molar-refractivity contribution in [3.63, 3.8) is 0 Å². The summed E-state index contributed by atoms with van der Waals surface area (Å²) in [5.74, 6) is 1.72. The number of benzene rings is 1. The van der Waals surface area contributed by atoms with Crippen LogP contribution >= 0.6 is 11.6 Å². The molecule has 0 radical (unpaired) electrons. The number of nitrogens with zero attached hydrogens (tertiary/aromatic N) is 2. The van der Waals surface area contributed by atoms with Gasteiger partial charge in [-0.05, 0) is 43.9 Å². The zero-order valence-electron chi connectivity index (χ0n) is 12.4. The maximum Gasteiger partial charge on any atom is 0.111 e. The minimum absolute atomic E-state index is 0.617. The number of hydrogen-bond acceptors (Lipinski definition) is 2. The highest BCUT2D eigenvalue weighted by atomic mass is 35.5. The first-order chi connectivity index (χ1) is 9.76. The van der Waals surface area contributed by atoms with Crippen LogP contribution in [0.25, 0.3) is 11.0 Å². The van der Waals surface area contributed by atoms with Crippen LogP contribution in [0, 0.1) is 6.92 Å². The molecule has 3 nitrogen and oxygen atoms in total. The lowest BCUT2D eigenvalue weighted by Crippen LogP contribution is -2.05. The molecule has 2 rings (SSSR count). The van der Waals surface area contributed by atoms with Gasteiger partial charge in [0.1, 0.15) is 5.82 Å². The summed E-state index contributed by atoms with van der Waals surface area (Å²) in [5, 5.41) is 0. The number of ether oxygens (including phenoxy) is 1. The molecule has 4 heteroatoms. The second kappa shape index (κ2) is 7.65. The fourth-order valence-corrected chi connectivity index (χ4v) is 2.68. The summed E-state index contributed by atoms with van der Waals surface area (Å²) in [6, 6.07) is 6.47. The number of hydrogen-bond donors (Lipinski definition) is 0. The number of aromatic nitrogens is 2. The molecule has 0 aliphatic rings. The highest BCUT2D eigenvalue weighted by Crippen LogP contribution is 2.19. The number of alkyl halides is 1. The van der Waals surface area contributed by atoms with Crippen LogP contribution in [0.3, 0.4) is 0 Å². The number of methoxy groups -OCH3 is 1. The number of unbranched alkanes of at least 4 members (excludes halogenated alkanes) is 2. The summed E-state index contributed by atoms with van der Waals surface area (Å²) in [4.78, 5) is 4.73. The van der Waals surface area contributed by atoms with Gasteiger partial charge in [-0.2, -0.15) is 0 Å². The minimum atomic E-state index is 0.617. The fourth-order valence-electron chi connectivity index (χ4n) is 2.51. The second-order valence-corrected chi connectivity index (χ2v) is 5.54. The number of aryl methyl sites for hydroxylation is 3. The van der Waals surface area contributed by atoms with Crippen molar-refractivity contribution in [1.82, 2.24) is 9.55 Å². The standard InChI is InChI=1S/C16H23ClN2O/c1-13-6-7-15-14(12-13)18-16(8-9-17)19(15)10-4-3-5-11-20-2/h6-7,12H,3-5,8-11H2,1-2H3. The fraction of sp³-hybridized carbons (Fsp3) is 0.562. The number of rotatable bonds is 8. The molecule has 0 saturated carbocycles. The van der Waals surface area contributed by atoms with Gasteiger partial charge in [-0.1, -0.05) is 6.07 Å². The van der Waals surface area contributed by atoms with Crippen LogP contribution in [-0.2, 0) is 17.7 Å². The third-order valence-corrected chi connectivity index (χ3v) is 3.72. The molecule has 0 aliphatic heterocycles. The largest absolute Gasteiger partial charge is 0.385 e. The zero-order chi connectivity index (χ0) is 14.4. The van der Waals surface area contributed by atoms with E-state index in [2.05, 4.69) is 29.7 Å². The molecular formula is C16H23ClN2O. The van der Waals surface area contributed by atoms with E-state index in [4.69, 9.17) is 21.3 Å². The van der Waals surface area contributed by atoms with Gasteiger partial charge in [-0.3, -0.25) is 0 Å². The Morgan fingerprint density at radius 3 is 2.85 bits per heavy atom. The van der Waals surface area contributed by atoms with Gasteiger partial charge in [-0.15, -0.1) is 11.6 Å². The van der Waals surface area contributed by atoms with Crippen molar-refractivity contribution >= 4 is 22.6 Å². The number of halogens is 1. The minimum Gasteiger partial charge on any atom is -0.385 e. The van der Waals surface area contributed by atoms with E-state index in [1.165, 1.54) is 17.5 Å². The van der Waals surface area contributed by atoms with Crippen LogP contribution in [-0.4, -0.2) is 29.1 Å². The third kappa shape index (κ3) is 3.74. The lowest BCUT2D eigenvalue weighted by atomic mass is 10.2. The molecule has 0 aliphatic carbocycles. The maximum atomic E-state index is 5.90. The molecular weight excluding hydrogens is 272 g/mol. The highest BCUT2D eigenvalue weighted by Gasteiger charge is 2.10.